The zero-order chi connectivity index (χ0) is 23.2. The van der Waals surface area contributed by atoms with Crippen LogP contribution in [0.25, 0.3) is 10.9 Å². The molecule has 7 nitrogen and oxygen atoms in total. The van der Waals surface area contributed by atoms with E-state index in [0.717, 1.165) is 72.8 Å². The molecule has 0 saturated heterocycles. The SMILES string of the molecule is COc1ccc(CCNC2CCC(Nc3nc(N(C)C)c4ccccc4n3)CC2)cc1OC. The summed E-state index contributed by atoms with van der Waals surface area (Å²) >= 11 is 0. The largest absolute Gasteiger partial charge is 0.493 e. The van der Waals surface area contributed by atoms with Crippen LogP contribution in [0.2, 0.25) is 0 Å². The summed E-state index contributed by atoms with van der Waals surface area (Å²) in [7, 11) is 7.39. The fourth-order valence-corrected chi connectivity index (χ4v) is 4.55. The molecule has 0 radical (unpaired) electrons. The zero-order valence-electron chi connectivity index (χ0n) is 20.1. The molecule has 2 aromatic carbocycles. The van der Waals surface area contributed by atoms with E-state index in [1.54, 1.807) is 14.2 Å². The number of nitrogens with zero attached hydrogens (tertiary/aromatic N) is 3. The Hall–Kier alpha value is -3.06. The molecular weight excluding hydrogens is 414 g/mol. The Balaban J connectivity index is 1.27. The first kappa shape index (κ1) is 23.1. The first-order valence-electron chi connectivity index (χ1n) is 11.7. The lowest BCUT2D eigenvalue weighted by atomic mass is 9.91. The highest BCUT2D eigenvalue weighted by Crippen LogP contribution is 2.28. The predicted octanol–water partition coefficient (Wildman–Crippen LogP) is 4.27. The fraction of sp³-hybridized carbons (Fsp3) is 0.462. The Bertz CT molecular complexity index is 1060. The van der Waals surface area contributed by atoms with Gasteiger partial charge < -0.3 is 25.0 Å². The van der Waals surface area contributed by atoms with Crippen molar-refractivity contribution < 1.29 is 9.47 Å². The summed E-state index contributed by atoms with van der Waals surface area (Å²) in [5, 5.41) is 8.40. The third kappa shape index (κ3) is 5.66. The number of ether oxygens (including phenoxy) is 2. The van der Waals surface area contributed by atoms with Crippen molar-refractivity contribution in [1.29, 1.82) is 0 Å². The van der Waals surface area contributed by atoms with E-state index in [4.69, 9.17) is 19.4 Å². The van der Waals surface area contributed by atoms with Gasteiger partial charge in [0.15, 0.2) is 11.5 Å². The molecule has 1 aromatic heterocycles. The minimum absolute atomic E-state index is 0.407. The Kier molecular flexibility index (Phi) is 7.50. The maximum Gasteiger partial charge on any atom is 0.225 e. The first-order chi connectivity index (χ1) is 16.1. The first-order valence-corrected chi connectivity index (χ1v) is 11.7. The Labute approximate surface area is 196 Å². The van der Waals surface area contributed by atoms with Crippen molar-refractivity contribution in [3.05, 3.63) is 48.0 Å². The van der Waals surface area contributed by atoms with Crippen LogP contribution in [0.1, 0.15) is 31.2 Å². The van der Waals surface area contributed by atoms with Gasteiger partial charge in [0.05, 0.1) is 19.7 Å². The van der Waals surface area contributed by atoms with Gasteiger partial charge in [-0.1, -0.05) is 18.2 Å². The highest BCUT2D eigenvalue weighted by atomic mass is 16.5. The summed E-state index contributed by atoms with van der Waals surface area (Å²) in [4.78, 5) is 11.6. The number of anilines is 2. The monoisotopic (exact) mass is 449 g/mol. The number of hydrogen-bond donors (Lipinski definition) is 2. The van der Waals surface area contributed by atoms with Crippen molar-refractivity contribution in [2.24, 2.45) is 0 Å². The summed E-state index contributed by atoms with van der Waals surface area (Å²) in [5.74, 6) is 3.24. The van der Waals surface area contributed by atoms with Gasteiger partial charge >= 0.3 is 0 Å². The van der Waals surface area contributed by atoms with E-state index in [1.807, 2.05) is 32.3 Å². The second kappa shape index (κ2) is 10.7. The van der Waals surface area contributed by atoms with Crippen molar-refractivity contribution >= 4 is 22.7 Å². The van der Waals surface area contributed by atoms with Crippen LogP contribution >= 0.6 is 0 Å². The number of benzene rings is 2. The van der Waals surface area contributed by atoms with Gasteiger partial charge in [-0.15, -0.1) is 0 Å². The summed E-state index contributed by atoms with van der Waals surface area (Å²) < 4.78 is 10.7. The quantitative estimate of drug-likeness (QED) is 0.505. The molecule has 0 amide bonds. The number of nitrogens with one attached hydrogen (secondary N) is 2. The van der Waals surface area contributed by atoms with Gasteiger partial charge in [0.2, 0.25) is 5.95 Å². The van der Waals surface area contributed by atoms with E-state index in [1.165, 1.54) is 5.56 Å². The molecular formula is C26H35N5O2. The summed E-state index contributed by atoms with van der Waals surface area (Å²) in [6.45, 7) is 0.957. The van der Waals surface area contributed by atoms with E-state index in [2.05, 4.69) is 39.8 Å². The zero-order valence-corrected chi connectivity index (χ0v) is 20.1. The molecule has 4 rings (SSSR count). The Morgan fingerprint density at radius 3 is 2.36 bits per heavy atom. The molecule has 0 bridgehead atoms. The summed E-state index contributed by atoms with van der Waals surface area (Å²) in [5.41, 5.74) is 2.23. The molecule has 0 unspecified atom stereocenters. The highest BCUT2D eigenvalue weighted by molar-refractivity contribution is 5.90. The summed E-state index contributed by atoms with van der Waals surface area (Å²) in [6.07, 6.45) is 5.50. The van der Waals surface area contributed by atoms with Gasteiger partial charge in [0, 0.05) is 31.6 Å². The topological polar surface area (TPSA) is 71.5 Å². The lowest BCUT2D eigenvalue weighted by Crippen LogP contribution is -2.38. The molecule has 7 heteroatoms. The van der Waals surface area contributed by atoms with E-state index in [0.29, 0.717) is 12.1 Å². The smallest absolute Gasteiger partial charge is 0.225 e. The van der Waals surface area contributed by atoms with Crippen LogP contribution in [-0.2, 0) is 6.42 Å². The van der Waals surface area contributed by atoms with Crippen LogP contribution < -0.4 is 25.0 Å². The lowest BCUT2D eigenvalue weighted by molar-refractivity contribution is 0.352. The Morgan fingerprint density at radius 2 is 1.64 bits per heavy atom. The normalized spacial score (nSPS) is 18.2. The average molecular weight is 450 g/mol. The van der Waals surface area contributed by atoms with E-state index >= 15 is 0 Å². The molecule has 1 heterocycles. The fourth-order valence-electron chi connectivity index (χ4n) is 4.55. The van der Waals surface area contributed by atoms with Crippen LogP contribution in [0.5, 0.6) is 11.5 Å². The Morgan fingerprint density at radius 1 is 0.909 bits per heavy atom. The third-order valence-electron chi connectivity index (χ3n) is 6.36. The lowest BCUT2D eigenvalue weighted by Gasteiger charge is -2.30. The number of para-hydroxylation sites is 1. The number of fused-ring (bicyclic) bond motifs is 1. The van der Waals surface area contributed by atoms with Crippen LogP contribution in [0.15, 0.2) is 42.5 Å². The molecule has 0 spiro atoms. The third-order valence-corrected chi connectivity index (χ3v) is 6.36. The van der Waals surface area contributed by atoms with Gasteiger partial charge in [-0.3, -0.25) is 0 Å². The molecule has 1 aliphatic rings. The molecule has 0 atom stereocenters. The molecule has 176 valence electrons. The second-order valence-corrected chi connectivity index (χ2v) is 8.87. The molecule has 0 aliphatic heterocycles. The minimum Gasteiger partial charge on any atom is -0.493 e. The van der Waals surface area contributed by atoms with Gasteiger partial charge in [0.1, 0.15) is 5.82 Å². The van der Waals surface area contributed by atoms with Crippen LogP contribution in [0.4, 0.5) is 11.8 Å². The maximum absolute atomic E-state index is 5.41. The van der Waals surface area contributed by atoms with Gasteiger partial charge in [-0.25, -0.2) is 4.98 Å². The number of aromatic nitrogens is 2. The molecule has 1 aliphatic carbocycles. The van der Waals surface area contributed by atoms with Crippen LogP contribution in [-0.4, -0.2) is 56.9 Å². The number of methoxy groups -OCH3 is 2. The molecule has 1 fully saturated rings. The van der Waals surface area contributed by atoms with Crippen molar-refractivity contribution in [2.75, 3.05) is 45.1 Å². The average Bonchev–Trinajstić information content (AvgIpc) is 2.84. The van der Waals surface area contributed by atoms with E-state index in [-0.39, 0.29) is 0 Å². The van der Waals surface area contributed by atoms with E-state index in [9.17, 15) is 0 Å². The summed E-state index contributed by atoms with van der Waals surface area (Å²) in [6, 6.07) is 15.3. The molecule has 1 saturated carbocycles. The van der Waals surface area contributed by atoms with Crippen molar-refractivity contribution in [2.45, 2.75) is 44.2 Å². The predicted molar refractivity (Wildman–Crippen MR) is 135 cm³/mol. The van der Waals surface area contributed by atoms with E-state index < -0.39 is 0 Å². The van der Waals surface area contributed by atoms with Crippen molar-refractivity contribution in [3.8, 4) is 11.5 Å². The standard InChI is InChI=1S/C26H35N5O2/c1-31(2)25-21-7-5-6-8-22(21)29-26(30-25)28-20-12-10-19(11-13-20)27-16-15-18-9-14-23(32-3)24(17-18)33-4/h5-9,14,17,19-20,27H,10-13,15-16H2,1-4H3,(H,28,29,30). The second-order valence-electron chi connectivity index (χ2n) is 8.87. The van der Waals surface area contributed by atoms with Crippen molar-refractivity contribution in [3.63, 3.8) is 0 Å². The molecule has 2 N–H and O–H groups in total. The van der Waals surface area contributed by atoms with Crippen molar-refractivity contribution in [1.82, 2.24) is 15.3 Å². The maximum atomic E-state index is 5.41. The number of hydrogen-bond acceptors (Lipinski definition) is 7. The van der Waals surface area contributed by atoms with Gasteiger partial charge in [-0.05, 0) is 68.5 Å². The van der Waals surface area contributed by atoms with Gasteiger partial charge in [0.25, 0.3) is 0 Å². The number of rotatable bonds is 9. The van der Waals surface area contributed by atoms with Crippen LogP contribution in [0.3, 0.4) is 0 Å². The minimum atomic E-state index is 0.407. The molecule has 33 heavy (non-hydrogen) atoms. The van der Waals surface area contributed by atoms with Crippen LogP contribution in [0, 0.1) is 0 Å². The van der Waals surface area contributed by atoms with Gasteiger partial charge in [-0.2, -0.15) is 4.98 Å². The molecule has 3 aromatic rings. The highest BCUT2D eigenvalue weighted by Gasteiger charge is 2.22.